The molecule has 2 N–H and O–H groups in total. The van der Waals surface area contributed by atoms with Gasteiger partial charge in [0.25, 0.3) is 0 Å². The Kier molecular flexibility index (Phi) is 9.44. The maximum atomic E-state index is 9.85. The average Bonchev–Trinajstić information content (AvgIpc) is 2.16. The van der Waals surface area contributed by atoms with E-state index >= 15 is 0 Å². The van der Waals surface area contributed by atoms with Gasteiger partial charge in [-0.05, 0) is 24.2 Å². The summed E-state index contributed by atoms with van der Waals surface area (Å²) in [5, 5.41) is 0.284. The summed E-state index contributed by atoms with van der Waals surface area (Å²) in [5.74, 6) is 1.52. The molecule has 0 radical (unpaired) electrons. The molecule has 0 saturated carbocycles. The molecule has 0 aromatic carbocycles. The molecule has 1 atom stereocenters. The highest BCUT2D eigenvalue weighted by molar-refractivity contribution is 8.69. The first kappa shape index (κ1) is 16.9. The fourth-order valence-electron chi connectivity index (χ4n) is 1.41. The summed E-state index contributed by atoms with van der Waals surface area (Å²) in [4.78, 5) is 19.7. The summed E-state index contributed by atoms with van der Waals surface area (Å²) < 4.78 is 0. The standard InChI is InChI=1S/C11H26O2PS2/c1-5-7-8-11(6-2)9-15-14(12,13)16-10(3)4/h10-13H,5-9H2,1-4H3/q+1. The summed E-state index contributed by atoms with van der Waals surface area (Å²) >= 11 is 1.32. The van der Waals surface area contributed by atoms with Crippen LogP contribution in [0.2, 0.25) is 0 Å². The zero-order valence-electron chi connectivity index (χ0n) is 10.8. The van der Waals surface area contributed by atoms with Crippen molar-refractivity contribution in [1.29, 1.82) is 0 Å². The second-order valence-corrected chi connectivity index (χ2v) is 12.2. The molecule has 0 rings (SSSR count). The molecule has 0 fully saturated rings. The number of rotatable bonds is 8. The van der Waals surface area contributed by atoms with Crippen LogP contribution < -0.4 is 0 Å². The Morgan fingerprint density at radius 3 is 2.31 bits per heavy atom. The van der Waals surface area contributed by atoms with Gasteiger partial charge in [-0.3, -0.25) is 0 Å². The van der Waals surface area contributed by atoms with Crippen LogP contribution in [-0.4, -0.2) is 20.8 Å². The van der Waals surface area contributed by atoms with Crippen LogP contribution in [0, 0.1) is 5.92 Å². The lowest BCUT2D eigenvalue weighted by atomic mass is 10.0. The van der Waals surface area contributed by atoms with Gasteiger partial charge in [0.1, 0.15) is 0 Å². The fourth-order valence-corrected chi connectivity index (χ4v) is 8.51. The molecule has 0 aliphatic carbocycles. The highest BCUT2D eigenvalue weighted by Crippen LogP contribution is 2.54. The highest BCUT2D eigenvalue weighted by Gasteiger charge is 2.27. The average molecular weight is 285 g/mol. The SMILES string of the molecule is CCCCC(CC)C[S+]=P(O)(O)SC(C)C. The van der Waals surface area contributed by atoms with Crippen LogP contribution in [0.1, 0.15) is 53.4 Å². The van der Waals surface area contributed by atoms with Crippen molar-refractivity contribution in [2.24, 2.45) is 5.92 Å². The van der Waals surface area contributed by atoms with Crippen molar-refractivity contribution >= 4 is 28.0 Å². The van der Waals surface area contributed by atoms with Crippen molar-refractivity contribution < 1.29 is 9.79 Å². The molecule has 0 aromatic rings. The van der Waals surface area contributed by atoms with Gasteiger partial charge < -0.3 is 9.79 Å². The van der Waals surface area contributed by atoms with E-state index in [1.54, 1.807) is 0 Å². The molecule has 0 bridgehead atoms. The van der Waals surface area contributed by atoms with Crippen LogP contribution >= 0.6 is 17.1 Å². The quantitative estimate of drug-likeness (QED) is 0.521. The molecule has 2 nitrogen and oxygen atoms in total. The lowest BCUT2D eigenvalue weighted by Gasteiger charge is -2.08. The van der Waals surface area contributed by atoms with E-state index in [2.05, 4.69) is 13.8 Å². The van der Waals surface area contributed by atoms with Crippen molar-refractivity contribution in [3.05, 3.63) is 0 Å². The first-order valence-corrected chi connectivity index (χ1v) is 10.9. The van der Waals surface area contributed by atoms with Gasteiger partial charge >= 0.3 is 5.69 Å². The number of hydrogen-bond donors (Lipinski definition) is 2. The van der Waals surface area contributed by atoms with Crippen LogP contribution in [0.5, 0.6) is 0 Å². The van der Waals surface area contributed by atoms with Crippen molar-refractivity contribution in [1.82, 2.24) is 0 Å². The predicted octanol–water partition coefficient (Wildman–Crippen LogP) is 4.09. The van der Waals surface area contributed by atoms with Gasteiger partial charge in [-0.25, -0.2) is 0 Å². The Hall–Kier alpha value is 0.920. The van der Waals surface area contributed by atoms with E-state index in [4.69, 9.17) is 0 Å². The Bertz CT molecular complexity index is 226. The third-order valence-electron chi connectivity index (χ3n) is 2.37. The molecule has 0 amide bonds. The summed E-state index contributed by atoms with van der Waals surface area (Å²) in [6.07, 6.45) is 4.82. The molecule has 0 heterocycles. The largest absolute Gasteiger partial charge is 0.430 e. The lowest BCUT2D eigenvalue weighted by Crippen LogP contribution is -2.04. The zero-order chi connectivity index (χ0) is 12.6. The van der Waals surface area contributed by atoms with E-state index in [1.165, 1.54) is 41.6 Å². The molecule has 0 spiro atoms. The third-order valence-corrected chi connectivity index (χ3v) is 9.29. The second kappa shape index (κ2) is 8.93. The first-order chi connectivity index (χ1) is 7.41. The van der Waals surface area contributed by atoms with Crippen LogP contribution in [0.4, 0.5) is 0 Å². The Morgan fingerprint density at radius 2 is 1.88 bits per heavy atom. The number of unbranched alkanes of at least 4 members (excludes halogenated alkanes) is 1. The predicted molar refractivity (Wildman–Crippen MR) is 79.6 cm³/mol. The Labute approximate surface area is 108 Å². The minimum atomic E-state index is -2.76. The van der Waals surface area contributed by atoms with E-state index in [1.807, 2.05) is 13.8 Å². The van der Waals surface area contributed by atoms with E-state index in [9.17, 15) is 9.79 Å². The molecule has 1 unspecified atom stereocenters. The summed E-state index contributed by atoms with van der Waals surface area (Å²) in [7, 11) is 1.38. The highest BCUT2D eigenvalue weighted by atomic mass is 32.9. The minimum Gasteiger partial charge on any atom is -0.304 e. The molecule has 5 heteroatoms. The smallest absolute Gasteiger partial charge is 0.304 e. The van der Waals surface area contributed by atoms with Gasteiger partial charge in [0.05, 0.1) is 0 Å². The van der Waals surface area contributed by atoms with Gasteiger partial charge in [-0.2, -0.15) is 0 Å². The van der Waals surface area contributed by atoms with E-state index in [0.717, 1.165) is 12.2 Å². The van der Waals surface area contributed by atoms with Gasteiger partial charge in [0.15, 0.2) is 5.75 Å². The monoisotopic (exact) mass is 285 g/mol. The van der Waals surface area contributed by atoms with Crippen molar-refractivity contribution in [3.8, 4) is 0 Å². The van der Waals surface area contributed by atoms with E-state index in [-0.39, 0.29) is 5.25 Å². The molecule has 98 valence electrons. The summed E-state index contributed by atoms with van der Waals surface area (Å²) in [5.41, 5.74) is -2.76. The summed E-state index contributed by atoms with van der Waals surface area (Å²) in [6.45, 7) is 8.39. The normalized spacial score (nSPS) is 14.2. The summed E-state index contributed by atoms with van der Waals surface area (Å²) in [6, 6.07) is 0. The second-order valence-electron chi connectivity index (χ2n) is 4.36. The van der Waals surface area contributed by atoms with Crippen molar-refractivity contribution in [2.75, 3.05) is 5.75 Å². The topological polar surface area (TPSA) is 40.5 Å². The Balaban J connectivity index is 4.18. The van der Waals surface area contributed by atoms with E-state index in [0.29, 0.717) is 5.92 Å². The maximum Gasteiger partial charge on any atom is 0.430 e. The molecule has 16 heavy (non-hydrogen) atoms. The zero-order valence-corrected chi connectivity index (χ0v) is 13.4. The van der Waals surface area contributed by atoms with E-state index < -0.39 is 5.69 Å². The molecule has 0 saturated heterocycles. The molecular weight excluding hydrogens is 259 g/mol. The van der Waals surface area contributed by atoms with Crippen LogP contribution in [-0.2, 0) is 10.9 Å². The van der Waals surface area contributed by atoms with Gasteiger partial charge in [-0.1, -0.05) is 40.5 Å². The Morgan fingerprint density at radius 1 is 1.25 bits per heavy atom. The lowest BCUT2D eigenvalue weighted by molar-refractivity contribution is 0.494. The van der Waals surface area contributed by atoms with Crippen molar-refractivity contribution in [3.63, 3.8) is 0 Å². The molecular formula is C11H26O2PS2+. The molecule has 0 aliphatic rings. The number of hydrogen-bond acceptors (Lipinski definition) is 1. The molecule has 0 aromatic heterocycles. The molecule has 0 aliphatic heterocycles. The van der Waals surface area contributed by atoms with Crippen LogP contribution in [0.25, 0.3) is 0 Å². The van der Waals surface area contributed by atoms with Crippen LogP contribution in [0.3, 0.4) is 0 Å². The van der Waals surface area contributed by atoms with Gasteiger partial charge in [-0.15, -0.1) is 0 Å². The van der Waals surface area contributed by atoms with Crippen molar-refractivity contribution in [2.45, 2.75) is 58.6 Å². The first-order valence-electron chi connectivity index (χ1n) is 6.08. The van der Waals surface area contributed by atoms with Gasteiger partial charge in [0, 0.05) is 11.2 Å². The third kappa shape index (κ3) is 9.00. The van der Waals surface area contributed by atoms with Crippen LogP contribution in [0.15, 0.2) is 0 Å². The maximum absolute atomic E-state index is 9.85. The van der Waals surface area contributed by atoms with Gasteiger partial charge in [0.2, 0.25) is 10.9 Å². The fraction of sp³-hybridized carbons (Fsp3) is 1.00. The minimum absolute atomic E-state index is 0.284.